The van der Waals surface area contributed by atoms with Crippen LogP contribution in [-0.2, 0) is 12.7 Å². The number of nitrogens with one attached hydrogen (secondary N) is 1. The Morgan fingerprint density at radius 2 is 1.94 bits per heavy atom. The van der Waals surface area contributed by atoms with E-state index in [4.69, 9.17) is 0 Å². The van der Waals surface area contributed by atoms with Gasteiger partial charge >= 0.3 is 6.18 Å². The van der Waals surface area contributed by atoms with Gasteiger partial charge in [0.25, 0.3) is 0 Å². The van der Waals surface area contributed by atoms with Crippen molar-refractivity contribution in [3.63, 3.8) is 0 Å². The number of benzene rings is 1. The first-order valence-electron chi connectivity index (χ1n) is 5.41. The molecule has 94 valence electrons. The van der Waals surface area contributed by atoms with Crippen LogP contribution in [0.15, 0.2) is 36.4 Å². The van der Waals surface area contributed by atoms with Gasteiger partial charge in [0.2, 0.25) is 0 Å². The summed E-state index contributed by atoms with van der Waals surface area (Å²) in [5, 5.41) is 2.98. The van der Waals surface area contributed by atoms with Gasteiger partial charge in [-0.3, -0.25) is 0 Å². The van der Waals surface area contributed by atoms with Gasteiger partial charge in [0, 0.05) is 6.54 Å². The highest BCUT2D eigenvalue weighted by Gasteiger charge is 2.32. The third-order valence-corrected chi connectivity index (χ3v) is 2.37. The average Bonchev–Trinajstić information content (AvgIpc) is 2.23. The lowest BCUT2D eigenvalue weighted by molar-refractivity contribution is -0.138. The van der Waals surface area contributed by atoms with Crippen LogP contribution in [0.4, 0.5) is 13.2 Å². The summed E-state index contributed by atoms with van der Waals surface area (Å²) in [4.78, 5) is 0. The zero-order valence-electron chi connectivity index (χ0n) is 9.77. The first kappa shape index (κ1) is 13.8. The van der Waals surface area contributed by atoms with E-state index < -0.39 is 11.7 Å². The van der Waals surface area contributed by atoms with E-state index in [0.717, 1.165) is 18.1 Å². The van der Waals surface area contributed by atoms with Crippen LogP contribution in [0.25, 0.3) is 0 Å². The highest BCUT2D eigenvalue weighted by atomic mass is 19.4. The second-order valence-electron chi connectivity index (χ2n) is 4.04. The zero-order chi connectivity index (χ0) is 12.9. The molecule has 0 saturated heterocycles. The lowest BCUT2D eigenvalue weighted by atomic mass is 10.1. The minimum Gasteiger partial charge on any atom is -0.312 e. The monoisotopic (exact) mass is 243 g/mol. The van der Waals surface area contributed by atoms with Gasteiger partial charge in [-0.25, -0.2) is 0 Å². The molecule has 0 bridgehead atoms. The molecule has 1 aromatic carbocycles. The lowest BCUT2D eigenvalue weighted by Gasteiger charge is -2.13. The normalized spacial score (nSPS) is 11.5. The minimum absolute atomic E-state index is 0.225. The summed E-state index contributed by atoms with van der Waals surface area (Å²) in [6.07, 6.45) is -3.51. The molecule has 17 heavy (non-hydrogen) atoms. The van der Waals surface area contributed by atoms with E-state index >= 15 is 0 Å². The average molecular weight is 243 g/mol. The molecule has 0 heterocycles. The van der Waals surface area contributed by atoms with Crippen molar-refractivity contribution >= 4 is 0 Å². The summed E-state index contributed by atoms with van der Waals surface area (Å²) in [6.45, 7) is 6.50. The van der Waals surface area contributed by atoms with Crippen molar-refractivity contribution < 1.29 is 13.2 Å². The van der Waals surface area contributed by atoms with E-state index in [-0.39, 0.29) is 12.1 Å². The Hall–Kier alpha value is -1.29. The van der Waals surface area contributed by atoms with Crippen LogP contribution in [0.1, 0.15) is 24.5 Å². The molecule has 0 unspecified atom stereocenters. The quantitative estimate of drug-likeness (QED) is 0.613. The van der Waals surface area contributed by atoms with Gasteiger partial charge in [0.1, 0.15) is 0 Å². The van der Waals surface area contributed by atoms with E-state index in [1.807, 2.05) is 6.92 Å². The van der Waals surface area contributed by atoms with E-state index in [1.165, 1.54) is 12.1 Å². The van der Waals surface area contributed by atoms with Gasteiger partial charge in [-0.1, -0.05) is 23.8 Å². The third kappa shape index (κ3) is 4.61. The smallest absolute Gasteiger partial charge is 0.312 e. The molecule has 0 radical (unpaired) electrons. The summed E-state index contributed by atoms with van der Waals surface area (Å²) in [5.74, 6) is 0. The van der Waals surface area contributed by atoms with Crippen molar-refractivity contribution in [3.05, 3.63) is 47.5 Å². The Labute approximate surface area is 99.3 Å². The molecule has 1 aromatic rings. The van der Waals surface area contributed by atoms with Crippen LogP contribution >= 0.6 is 0 Å². The van der Waals surface area contributed by atoms with Crippen molar-refractivity contribution in [3.8, 4) is 0 Å². The standard InChI is InChI=1S/C13H16F3N/c1-10(2)7-8-17-9-11-5-3-4-6-12(11)13(14,15)16/h3-6,17H,1,7-9H2,2H3. The second-order valence-corrected chi connectivity index (χ2v) is 4.04. The minimum atomic E-state index is -4.29. The molecule has 1 rings (SSSR count). The maximum absolute atomic E-state index is 12.6. The number of rotatable bonds is 5. The van der Waals surface area contributed by atoms with E-state index in [9.17, 15) is 13.2 Å². The fraction of sp³-hybridized carbons (Fsp3) is 0.385. The van der Waals surface area contributed by atoms with E-state index in [0.29, 0.717) is 6.54 Å². The molecule has 0 spiro atoms. The molecular formula is C13H16F3N. The summed E-state index contributed by atoms with van der Waals surface area (Å²) < 4.78 is 37.9. The van der Waals surface area contributed by atoms with Gasteiger partial charge in [-0.05, 0) is 31.5 Å². The van der Waals surface area contributed by atoms with Crippen LogP contribution in [0.5, 0.6) is 0 Å². The maximum atomic E-state index is 12.6. The molecule has 0 amide bonds. The predicted octanol–water partition coefficient (Wildman–Crippen LogP) is 3.76. The summed E-state index contributed by atoms with van der Waals surface area (Å²) in [6, 6.07) is 5.62. The number of halogens is 3. The Balaban J connectivity index is 2.62. The van der Waals surface area contributed by atoms with Gasteiger partial charge in [0.05, 0.1) is 5.56 Å². The van der Waals surface area contributed by atoms with Crippen molar-refractivity contribution in [2.75, 3.05) is 6.54 Å². The zero-order valence-corrected chi connectivity index (χ0v) is 9.77. The van der Waals surface area contributed by atoms with Gasteiger partial charge in [0.15, 0.2) is 0 Å². The molecule has 0 aliphatic carbocycles. The fourth-order valence-electron chi connectivity index (χ4n) is 1.48. The van der Waals surface area contributed by atoms with Gasteiger partial charge < -0.3 is 5.32 Å². The van der Waals surface area contributed by atoms with Crippen LogP contribution < -0.4 is 5.32 Å². The molecule has 0 aliphatic rings. The van der Waals surface area contributed by atoms with Crippen molar-refractivity contribution in [2.45, 2.75) is 26.1 Å². The number of hydrogen-bond acceptors (Lipinski definition) is 1. The second kappa shape index (κ2) is 5.87. The topological polar surface area (TPSA) is 12.0 Å². The molecule has 1 N–H and O–H groups in total. The van der Waals surface area contributed by atoms with Crippen LogP contribution in [0.3, 0.4) is 0 Å². The first-order valence-corrected chi connectivity index (χ1v) is 5.41. The molecule has 0 saturated carbocycles. The Morgan fingerprint density at radius 3 is 2.53 bits per heavy atom. The van der Waals surface area contributed by atoms with Crippen LogP contribution in [0, 0.1) is 0 Å². The molecule has 0 atom stereocenters. The Kier molecular flexibility index (Phi) is 4.75. The molecule has 1 nitrogen and oxygen atoms in total. The highest BCUT2D eigenvalue weighted by Crippen LogP contribution is 2.31. The van der Waals surface area contributed by atoms with Crippen LogP contribution in [0.2, 0.25) is 0 Å². The molecule has 4 heteroatoms. The van der Waals surface area contributed by atoms with Crippen molar-refractivity contribution in [1.29, 1.82) is 0 Å². The first-order chi connectivity index (χ1) is 7.91. The van der Waals surface area contributed by atoms with E-state index in [2.05, 4.69) is 11.9 Å². The predicted molar refractivity (Wildman–Crippen MR) is 62.6 cm³/mol. The summed E-state index contributed by atoms with van der Waals surface area (Å²) in [7, 11) is 0. The third-order valence-electron chi connectivity index (χ3n) is 2.37. The number of alkyl halides is 3. The van der Waals surface area contributed by atoms with Crippen molar-refractivity contribution in [1.82, 2.24) is 5.32 Å². The van der Waals surface area contributed by atoms with Crippen molar-refractivity contribution in [2.24, 2.45) is 0 Å². The molecule has 0 aromatic heterocycles. The SMILES string of the molecule is C=C(C)CCNCc1ccccc1C(F)(F)F. The van der Waals surface area contributed by atoms with Gasteiger partial charge in [-0.2, -0.15) is 13.2 Å². The highest BCUT2D eigenvalue weighted by molar-refractivity contribution is 5.29. The summed E-state index contributed by atoms with van der Waals surface area (Å²) >= 11 is 0. The molecule has 0 fully saturated rings. The lowest BCUT2D eigenvalue weighted by Crippen LogP contribution is -2.18. The summed E-state index contributed by atoms with van der Waals surface area (Å²) in [5.41, 5.74) is 0.728. The number of hydrogen-bond donors (Lipinski definition) is 1. The Morgan fingerprint density at radius 1 is 1.29 bits per heavy atom. The molecular weight excluding hydrogens is 227 g/mol. The molecule has 0 aliphatic heterocycles. The van der Waals surface area contributed by atoms with Gasteiger partial charge in [-0.15, -0.1) is 6.58 Å². The van der Waals surface area contributed by atoms with Crippen LogP contribution in [-0.4, -0.2) is 6.54 Å². The largest absolute Gasteiger partial charge is 0.416 e. The van der Waals surface area contributed by atoms with E-state index in [1.54, 1.807) is 6.07 Å². The fourth-order valence-corrected chi connectivity index (χ4v) is 1.48. The Bertz CT molecular complexity index is 382. The maximum Gasteiger partial charge on any atom is 0.416 e.